The molecule has 0 bridgehead atoms. The van der Waals surface area contributed by atoms with Crippen molar-refractivity contribution in [1.29, 1.82) is 0 Å². The first-order valence-electron chi connectivity index (χ1n) is 9.10. The maximum absolute atomic E-state index is 5.93. The molecule has 0 fully saturated rings. The number of nitrogens with zero attached hydrogens (tertiary/aromatic N) is 2. The molecule has 1 aromatic carbocycles. The Bertz CT molecular complexity index is 914. The van der Waals surface area contributed by atoms with E-state index < -0.39 is 0 Å². The molecule has 0 aliphatic rings. The number of furan rings is 1. The number of nitrogens with one attached hydrogen (secondary N) is 2. The van der Waals surface area contributed by atoms with Crippen LogP contribution in [-0.2, 0) is 13.1 Å². The lowest BCUT2D eigenvalue weighted by Gasteiger charge is -2.12. The van der Waals surface area contributed by atoms with Crippen molar-refractivity contribution in [2.75, 3.05) is 7.05 Å². The Morgan fingerprint density at radius 1 is 1.15 bits per heavy atom. The second-order valence-electron chi connectivity index (χ2n) is 6.60. The number of aromatic nitrogens is 1. The molecule has 142 valence electrons. The minimum atomic E-state index is 0.117. The zero-order chi connectivity index (χ0) is 19.2. The normalized spacial score (nSPS) is 11.8. The Morgan fingerprint density at radius 2 is 1.93 bits per heavy atom. The van der Waals surface area contributed by atoms with Crippen molar-refractivity contribution in [3.8, 4) is 5.88 Å². The molecule has 3 aromatic rings. The van der Waals surface area contributed by atoms with Gasteiger partial charge in [0, 0.05) is 36.8 Å². The Kier molecular flexibility index (Phi) is 5.96. The van der Waals surface area contributed by atoms with Crippen LogP contribution >= 0.6 is 0 Å². The lowest BCUT2D eigenvalue weighted by Crippen LogP contribution is -2.36. The number of para-hydroxylation sites is 1. The zero-order valence-corrected chi connectivity index (χ0v) is 16.2. The van der Waals surface area contributed by atoms with E-state index in [1.54, 1.807) is 13.2 Å². The first kappa shape index (κ1) is 18.8. The second-order valence-corrected chi connectivity index (χ2v) is 6.60. The number of aliphatic imine (C=N–C) groups is 1. The number of benzene rings is 1. The fourth-order valence-electron chi connectivity index (χ4n) is 2.79. The van der Waals surface area contributed by atoms with Crippen LogP contribution in [0.4, 0.5) is 0 Å². The molecule has 0 saturated carbocycles. The van der Waals surface area contributed by atoms with Crippen LogP contribution in [0.2, 0.25) is 0 Å². The predicted molar refractivity (Wildman–Crippen MR) is 108 cm³/mol. The van der Waals surface area contributed by atoms with E-state index in [1.807, 2.05) is 44.2 Å². The van der Waals surface area contributed by atoms with Gasteiger partial charge in [0.15, 0.2) is 5.96 Å². The number of ether oxygens (including phenoxy) is 1. The highest BCUT2D eigenvalue weighted by Gasteiger charge is 2.10. The van der Waals surface area contributed by atoms with Gasteiger partial charge in [-0.05, 0) is 32.4 Å². The van der Waals surface area contributed by atoms with Gasteiger partial charge in [-0.15, -0.1) is 0 Å². The van der Waals surface area contributed by atoms with Crippen LogP contribution in [0.5, 0.6) is 5.88 Å². The molecule has 6 heteroatoms. The van der Waals surface area contributed by atoms with E-state index >= 15 is 0 Å². The van der Waals surface area contributed by atoms with E-state index in [0.29, 0.717) is 24.9 Å². The zero-order valence-electron chi connectivity index (χ0n) is 16.2. The van der Waals surface area contributed by atoms with E-state index in [1.165, 1.54) is 0 Å². The van der Waals surface area contributed by atoms with Crippen molar-refractivity contribution in [2.45, 2.75) is 40.0 Å². The highest BCUT2D eigenvalue weighted by atomic mass is 16.5. The fourth-order valence-corrected chi connectivity index (χ4v) is 2.79. The molecule has 6 nitrogen and oxygen atoms in total. The first-order valence-corrected chi connectivity index (χ1v) is 9.10. The highest BCUT2D eigenvalue weighted by Crippen LogP contribution is 2.24. The van der Waals surface area contributed by atoms with Gasteiger partial charge in [-0.1, -0.05) is 24.3 Å². The predicted octanol–water partition coefficient (Wildman–Crippen LogP) is 3.79. The molecule has 2 N–H and O–H groups in total. The summed E-state index contributed by atoms with van der Waals surface area (Å²) < 4.78 is 11.5. The van der Waals surface area contributed by atoms with Crippen LogP contribution in [0.15, 0.2) is 52.0 Å². The number of pyridine rings is 1. The molecule has 0 atom stereocenters. The molecule has 0 spiro atoms. The third-order valence-electron chi connectivity index (χ3n) is 4.20. The van der Waals surface area contributed by atoms with Gasteiger partial charge in [-0.3, -0.25) is 4.99 Å². The van der Waals surface area contributed by atoms with Gasteiger partial charge in [0.2, 0.25) is 5.88 Å². The van der Waals surface area contributed by atoms with Gasteiger partial charge in [0.1, 0.15) is 11.3 Å². The topological polar surface area (TPSA) is 71.7 Å². The molecular formula is C21H26N4O2. The Morgan fingerprint density at radius 3 is 2.59 bits per heavy atom. The molecule has 0 unspecified atom stereocenters. The van der Waals surface area contributed by atoms with Crippen molar-refractivity contribution in [3.05, 3.63) is 59.5 Å². The average molecular weight is 366 g/mol. The van der Waals surface area contributed by atoms with Crippen molar-refractivity contribution in [1.82, 2.24) is 15.6 Å². The van der Waals surface area contributed by atoms with Gasteiger partial charge >= 0.3 is 0 Å². The molecule has 2 aromatic heterocycles. The Hall–Kier alpha value is -3.02. The second kappa shape index (κ2) is 8.58. The van der Waals surface area contributed by atoms with Crippen LogP contribution in [0.3, 0.4) is 0 Å². The van der Waals surface area contributed by atoms with Crippen molar-refractivity contribution >= 4 is 16.9 Å². The monoisotopic (exact) mass is 366 g/mol. The Labute approximate surface area is 159 Å². The maximum Gasteiger partial charge on any atom is 0.213 e. The van der Waals surface area contributed by atoms with Crippen LogP contribution in [0.1, 0.15) is 30.7 Å². The number of aryl methyl sites for hydroxylation is 1. The number of hydrogen-bond donors (Lipinski definition) is 2. The van der Waals surface area contributed by atoms with Gasteiger partial charge in [0.25, 0.3) is 0 Å². The van der Waals surface area contributed by atoms with Gasteiger partial charge in [-0.2, -0.15) is 0 Å². The third-order valence-corrected chi connectivity index (χ3v) is 4.20. The summed E-state index contributed by atoms with van der Waals surface area (Å²) >= 11 is 0. The molecule has 0 saturated heterocycles. The Balaban J connectivity index is 1.55. The summed E-state index contributed by atoms with van der Waals surface area (Å²) in [5.74, 6) is 2.25. The van der Waals surface area contributed by atoms with E-state index in [9.17, 15) is 0 Å². The minimum absolute atomic E-state index is 0.117. The molecule has 0 aliphatic carbocycles. The average Bonchev–Trinajstić information content (AvgIpc) is 2.99. The lowest BCUT2D eigenvalue weighted by atomic mass is 10.1. The minimum Gasteiger partial charge on any atom is -0.475 e. The summed E-state index contributed by atoms with van der Waals surface area (Å²) in [6.07, 6.45) is 1.92. The summed E-state index contributed by atoms with van der Waals surface area (Å²) in [5.41, 5.74) is 3.11. The van der Waals surface area contributed by atoms with Crippen molar-refractivity contribution < 1.29 is 9.15 Å². The summed E-state index contributed by atoms with van der Waals surface area (Å²) in [7, 11) is 1.75. The van der Waals surface area contributed by atoms with E-state index in [2.05, 4.69) is 33.6 Å². The molecule has 0 radical (unpaired) electrons. The van der Waals surface area contributed by atoms with Crippen LogP contribution in [0, 0.1) is 6.92 Å². The summed E-state index contributed by atoms with van der Waals surface area (Å²) in [5, 5.41) is 7.73. The van der Waals surface area contributed by atoms with Crippen LogP contribution < -0.4 is 15.4 Å². The SMILES string of the molecule is CN=C(NCc1ccc(OC(C)C)nc1)NCc1oc2ccccc2c1C. The molecule has 3 rings (SSSR count). The molecule has 2 heterocycles. The number of hydrogen-bond acceptors (Lipinski definition) is 4. The first-order chi connectivity index (χ1) is 13.1. The van der Waals surface area contributed by atoms with Gasteiger partial charge < -0.3 is 19.8 Å². The van der Waals surface area contributed by atoms with Gasteiger partial charge in [-0.25, -0.2) is 4.98 Å². The highest BCUT2D eigenvalue weighted by molar-refractivity contribution is 5.82. The summed E-state index contributed by atoms with van der Waals surface area (Å²) in [4.78, 5) is 8.58. The third kappa shape index (κ3) is 4.78. The van der Waals surface area contributed by atoms with E-state index in [4.69, 9.17) is 9.15 Å². The van der Waals surface area contributed by atoms with Crippen LogP contribution in [-0.4, -0.2) is 24.1 Å². The maximum atomic E-state index is 5.93. The number of guanidine groups is 1. The molecule has 0 aliphatic heterocycles. The van der Waals surface area contributed by atoms with Crippen molar-refractivity contribution in [3.63, 3.8) is 0 Å². The van der Waals surface area contributed by atoms with Crippen molar-refractivity contribution in [2.24, 2.45) is 4.99 Å². The number of rotatable bonds is 6. The lowest BCUT2D eigenvalue weighted by molar-refractivity contribution is 0.232. The van der Waals surface area contributed by atoms with Crippen LogP contribution in [0.25, 0.3) is 11.0 Å². The number of fused-ring (bicyclic) bond motifs is 1. The fraction of sp³-hybridized carbons (Fsp3) is 0.333. The van der Waals surface area contributed by atoms with E-state index in [0.717, 1.165) is 27.9 Å². The largest absolute Gasteiger partial charge is 0.475 e. The quantitative estimate of drug-likeness (QED) is 0.513. The molecular weight excluding hydrogens is 340 g/mol. The summed E-state index contributed by atoms with van der Waals surface area (Å²) in [6, 6.07) is 11.9. The smallest absolute Gasteiger partial charge is 0.213 e. The van der Waals surface area contributed by atoms with E-state index in [-0.39, 0.29) is 6.10 Å². The molecule has 27 heavy (non-hydrogen) atoms. The molecule has 0 amide bonds. The summed E-state index contributed by atoms with van der Waals surface area (Å²) in [6.45, 7) is 7.23. The standard InChI is InChI=1S/C21H26N4O2/c1-14(2)26-20-10-9-16(11-23-20)12-24-21(22-4)25-13-19-15(3)17-7-5-6-8-18(17)27-19/h5-11,14H,12-13H2,1-4H3,(H2,22,24,25). The van der Waals surface area contributed by atoms with Gasteiger partial charge in [0.05, 0.1) is 12.6 Å².